The molecule has 0 aromatic carbocycles. The summed E-state index contributed by atoms with van der Waals surface area (Å²) in [5.74, 6) is 0. The van der Waals surface area contributed by atoms with E-state index in [-0.39, 0.29) is 4.08 Å². The SMILES string of the molecule is CN1CCC(S)(S)CC1. The Morgan fingerprint density at radius 2 is 1.67 bits per heavy atom. The lowest BCUT2D eigenvalue weighted by molar-refractivity contribution is 0.274. The van der Waals surface area contributed by atoms with E-state index in [0.717, 1.165) is 25.9 Å². The molecule has 0 atom stereocenters. The molecule has 1 nitrogen and oxygen atoms in total. The molecule has 0 aromatic heterocycles. The minimum absolute atomic E-state index is 0.00646. The molecular formula is C6H13NS2. The molecule has 1 rings (SSSR count). The van der Waals surface area contributed by atoms with Crippen LogP contribution in [0.3, 0.4) is 0 Å². The summed E-state index contributed by atoms with van der Waals surface area (Å²) < 4.78 is 0.00646. The first-order valence-electron chi connectivity index (χ1n) is 3.23. The van der Waals surface area contributed by atoms with Crippen LogP contribution >= 0.6 is 25.3 Å². The van der Waals surface area contributed by atoms with Crippen molar-refractivity contribution in [2.75, 3.05) is 20.1 Å². The van der Waals surface area contributed by atoms with Gasteiger partial charge in [-0.3, -0.25) is 0 Å². The molecule has 0 N–H and O–H groups in total. The standard InChI is InChI=1S/C6H13NS2/c1-7-4-2-6(8,9)3-5-7/h8-9H,2-5H2,1H3. The van der Waals surface area contributed by atoms with E-state index in [1.54, 1.807) is 0 Å². The van der Waals surface area contributed by atoms with E-state index < -0.39 is 0 Å². The molecule has 0 amide bonds. The summed E-state index contributed by atoms with van der Waals surface area (Å²) in [6.07, 6.45) is 2.19. The molecule has 0 radical (unpaired) electrons. The highest BCUT2D eigenvalue weighted by molar-refractivity contribution is 8.00. The quantitative estimate of drug-likeness (QED) is 0.402. The lowest BCUT2D eigenvalue weighted by Crippen LogP contribution is -2.35. The van der Waals surface area contributed by atoms with Gasteiger partial charge in [-0.25, -0.2) is 0 Å². The average Bonchev–Trinajstić information content (AvgIpc) is 1.78. The minimum Gasteiger partial charge on any atom is -0.306 e. The summed E-state index contributed by atoms with van der Waals surface area (Å²) in [4.78, 5) is 2.31. The van der Waals surface area contributed by atoms with E-state index in [4.69, 9.17) is 0 Å². The van der Waals surface area contributed by atoms with E-state index in [1.807, 2.05) is 0 Å². The smallest absolute Gasteiger partial charge is 0.0576 e. The second-order valence-electron chi connectivity index (χ2n) is 2.79. The zero-order valence-corrected chi connectivity index (χ0v) is 7.46. The van der Waals surface area contributed by atoms with E-state index >= 15 is 0 Å². The van der Waals surface area contributed by atoms with Gasteiger partial charge in [-0.15, -0.1) is 0 Å². The second kappa shape index (κ2) is 2.72. The second-order valence-corrected chi connectivity index (χ2v) is 4.85. The van der Waals surface area contributed by atoms with Crippen LogP contribution in [-0.2, 0) is 0 Å². The molecule has 0 unspecified atom stereocenters. The topological polar surface area (TPSA) is 3.24 Å². The van der Waals surface area contributed by atoms with Crippen LogP contribution in [0, 0.1) is 0 Å². The highest BCUT2D eigenvalue weighted by Gasteiger charge is 2.24. The van der Waals surface area contributed by atoms with Gasteiger partial charge in [-0.2, -0.15) is 25.3 Å². The van der Waals surface area contributed by atoms with Crippen molar-refractivity contribution in [3.8, 4) is 0 Å². The Morgan fingerprint density at radius 1 is 1.22 bits per heavy atom. The van der Waals surface area contributed by atoms with Crippen molar-refractivity contribution in [3.63, 3.8) is 0 Å². The molecule has 1 saturated heterocycles. The molecular weight excluding hydrogens is 150 g/mol. The summed E-state index contributed by atoms with van der Waals surface area (Å²) in [6.45, 7) is 2.26. The Kier molecular flexibility index (Phi) is 2.35. The van der Waals surface area contributed by atoms with Gasteiger partial charge >= 0.3 is 0 Å². The Hall–Kier alpha value is 0.660. The maximum absolute atomic E-state index is 4.40. The van der Waals surface area contributed by atoms with Crippen molar-refractivity contribution in [2.45, 2.75) is 16.9 Å². The molecule has 0 saturated carbocycles. The Bertz CT molecular complexity index is 93.2. The fourth-order valence-corrected chi connectivity index (χ4v) is 1.38. The Morgan fingerprint density at radius 3 is 2.00 bits per heavy atom. The van der Waals surface area contributed by atoms with Crippen molar-refractivity contribution in [1.82, 2.24) is 4.90 Å². The number of piperidine rings is 1. The molecule has 1 heterocycles. The fourth-order valence-electron chi connectivity index (χ4n) is 0.977. The maximum Gasteiger partial charge on any atom is 0.0576 e. The van der Waals surface area contributed by atoms with Crippen LogP contribution in [0.5, 0.6) is 0 Å². The summed E-state index contributed by atoms with van der Waals surface area (Å²) >= 11 is 8.79. The first kappa shape index (κ1) is 7.76. The fraction of sp³-hybridized carbons (Fsp3) is 1.00. The molecule has 1 fully saturated rings. The van der Waals surface area contributed by atoms with E-state index in [9.17, 15) is 0 Å². The zero-order chi connectivity index (χ0) is 6.91. The number of likely N-dealkylation sites (tertiary alicyclic amines) is 1. The summed E-state index contributed by atoms with van der Waals surface area (Å²) in [7, 11) is 2.14. The predicted octanol–water partition coefficient (Wildman–Crippen LogP) is 1.27. The van der Waals surface area contributed by atoms with E-state index in [0.29, 0.717) is 0 Å². The highest BCUT2D eigenvalue weighted by Crippen LogP contribution is 2.31. The first-order chi connectivity index (χ1) is 4.10. The van der Waals surface area contributed by atoms with Gasteiger partial charge in [0.25, 0.3) is 0 Å². The van der Waals surface area contributed by atoms with Crippen LogP contribution in [0.4, 0.5) is 0 Å². The van der Waals surface area contributed by atoms with Gasteiger partial charge in [0.2, 0.25) is 0 Å². The van der Waals surface area contributed by atoms with Crippen molar-refractivity contribution < 1.29 is 0 Å². The lowest BCUT2D eigenvalue weighted by Gasteiger charge is -2.32. The van der Waals surface area contributed by atoms with Crippen LogP contribution in [0.15, 0.2) is 0 Å². The van der Waals surface area contributed by atoms with Gasteiger partial charge in [0.05, 0.1) is 4.08 Å². The zero-order valence-electron chi connectivity index (χ0n) is 5.67. The Balaban J connectivity index is 2.35. The molecule has 0 spiro atoms. The van der Waals surface area contributed by atoms with Gasteiger partial charge in [0, 0.05) is 0 Å². The Labute approximate surface area is 67.6 Å². The van der Waals surface area contributed by atoms with Crippen molar-refractivity contribution in [3.05, 3.63) is 0 Å². The molecule has 54 valence electrons. The third kappa shape index (κ3) is 2.40. The monoisotopic (exact) mass is 163 g/mol. The van der Waals surface area contributed by atoms with Crippen LogP contribution in [0.1, 0.15) is 12.8 Å². The number of nitrogens with zero attached hydrogens (tertiary/aromatic N) is 1. The van der Waals surface area contributed by atoms with Crippen molar-refractivity contribution >= 4 is 25.3 Å². The van der Waals surface area contributed by atoms with Crippen LogP contribution in [0.2, 0.25) is 0 Å². The number of hydrogen-bond acceptors (Lipinski definition) is 3. The average molecular weight is 163 g/mol. The highest BCUT2D eigenvalue weighted by atomic mass is 32.2. The third-order valence-corrected chi connectivity index (χ3v) is 2.68. The van der Waals surface area contributed by atoms with Crippen molar-refractivity contribution in [1.29, 1.82) is 0 Å². The van der Waals surface area contributed by atoms with Gasteiger partial charge in [0.15, 0.2) is 0 Å². The summed E-state index contributed by atoms with van der Waals surface area (Å²) in [5.41, 5.74) is 0. The lowest BCUT2D eigenvalue weighted by atomic mass is 10.1. The first-order valence-corrected chi connectivity index (χ1v) is 4.13. The van der Waals surface area contributed by atoms with Gasteiger partial charge in [-0.05, 0) is 33.0 Å². The van der Waals surface area contributed by atoms with Gasteiger partial charge in [0.1, 0.15) is 0 Å². The summed E-state index contributed by atoms with van der Waals surface area (Å²) in [6, 6.07) is 0. The van der Waals surface area contributed by atoms with E-state index in [2.05, 4.69) is 37.2 Å². The molecule has 1 aliphatic rings. The van der Waals surface area contributed by atoms with Crippen LogP contribution in [-0.4, -0.2) is 29.1 Å². The number of hydrogen-bond donors (Lipinski definition) is 2. The minimum atomic E-state index is 0.00646. The normalized spacial score (nSPS) is 28.3. The summed E-state index contributed by atoms with van der Waals surface area (Å²) in [5, 5.41) is 0. The molecule has 0 aromatic rings. The van der Waals surface area contributed by atoms with Gasteiger partial charge < -0.3 is 4.90 Å². The number of rotatable bonds is 0. The molecule has 1 aliphatic heterocycles. The van der Waals surface area contributed by atoms with Crippen LogP contribution < -0.4 is 0 Å². The predicted molar refractivity (Wildman–Crippen MR) is 47.4 cm³/mol. The molecule has 9 heavy (non-hydrogen) atoms. The van der Waals surface area contributed by atoms with Crippen molar-refractivity contribution in [2.24, 2.45) is 0 Å². The number of thiol groups is 2. The van der Waals surface area contributed by atoms with Crippen LogP contribution in [0.25, 0.3) is 0 Å². The molecule has 0 bridgehead atoms. The maximum atomic E-state index is 4.40. The third-order valence-electron chi connectivity index (χ3n) is 1.79. The molecule has 0 aliphatic carbocycles. The van der Waals surface area contributed by atoms with Gasteiger partial charge in [-0.1, -0.05) is 0 Å². The largest absolute Gasteiger partial charge is 0.306 e. The molecule has 3 heteroatoms. The van der Waals surface area contributed by atoms with E-state index in [1.165, 1.54) is 0 Å².